The van der Waals surface area contributed by atoms with Gasteiger partial charge in [0.1, 0.15) is 0 Å². The van der Waals surface area contributed by atoms with Gasteiger partial charge in [-0.25, -0.2) is 0 Å². The highest BCUT2D eigenvalue weighted by atomic mass is 35.5. The van der Waals surface area contributed by atoms with Gasteiger partial charge in [0, 0.05) is 18.0 Å². The molecule has 0 bridgehead atoms. The van der Waals surface area contributed by atoms with Crippen molar-refractivity contribution < 1.29 is 19.5 Å². The summed E-state index contributed by atoms with van der Waals surface area (Å²) in [4.78, 5) is 35.5. The van der Waals surface area contributed by atoms with Crippen molar-refractivity contribution in [2.75, 3.05) is 5.32 Å². The van der Waals surface area contributed by atoms with Crippen LogP contribution in [0.1, 0.15) is 39.8 Å². The maximum Gasteiger partial charge on any atom is 0.303 e. The molecule has 1 heterocycles. The summed E-state index contributed by atoms with van der Waals surface area (Å²) >= 11 is 7.39. The molecule has 0 radical (unpaired) electrons. The monoisotopic (exact) mass is 380 g/mol. The number of carboxylic acid groups (broad SMARTS) is 1. The zero-order chi connectivity index (χ0) is 18.4. The summed E-state index contributed by atoms with van der Waals surface area (Å²) in [5.74, 6) is -1.57. The van der Waals surface area contributed by atoms with E-state index in [9.17, 15) is 14.4 Å². The molecule has 0 spiro atoms. The SMILES string of the molecule is C[C@H](CCC(=O)O)NC(=O)c1ccc(Cl)c(NC(=O)c2cccs2)c1. The molecule has 0 saturated carbocycles. The average Bonchev–Trinajstić information content (AvgIpc) is 3.09. The van der Waals surface area contributed by atoms with Gasteiger partial charge in [0.2, 0.25) is 0 Å². The van der Waals surface area contributed by atoms with Gasteiger partial charge in [0.25, 0.3) is 11.8 Å². The molecule has 1 atom stereocenters. The molecule has 2 aromatic rings. The van der Waals surface area contributed by atoms with Crippen molar-refractivity contribution in [2.45, 2.75) is 25.8 Å². The van der Waals surface area contributed by atoms with Crippen LogP contribution in [0.15, 0.2) is 35.7 Å². The van der Waals surface area contributed by atoms with Gasteiger partial charge in [-0.2, -0.15) is 0 Å². The molecule has 0 aliphatic heterocycles. The summed E-state index contributed by atoms with van der Waals surface area (Å²) in [6, 6.07) is 7.74. The summed E-state index contributed by atoms with van der Waals surface area (Å²) in [6.07, 6.45) is 0.306. The third-order valence-electron chi connectivity index (χ3n) is 3.39. The maximum absolute atomic E-state index is 12.3. The van der Waals surface area contributed by atoms with E-state index in [0.29, 0.717) is 27.6 Å². The number of hydrogen-bond acceptors (Lipinski definition) is 4. The van der Waals surface area contributed by atoms with E-state index in [4.69, 9.17) is 16.7 Å². The standard InChI is InChI=1S/C17H17ClN2O4S/c1-10(4-7-15(21)22)19-16(23)11-5-6-12(18)13(9-11)20-17(24)14-3-2-8-25-14/h2-3,5-6,8-10H,4,7H2,1H3,(H,19,23)(H,20,24)(H,21,22)/t10-/m1/s1. The van der Waals surface area contributed by atoms with Gasteiger partial charge >= 0.3 is 5.97 Å². The quantitative estimate of drug-likeness (QED) is 0.683. The predicted octanol–water partition coefficient (Wildman–Crippen LogP) is 3.64. The lowest BCUT2D eigenvalue weighted by Gasteiger charge is -2.14. The third kappa shape index (κ3) is 5.58. The zero-order valence-corrected chi connectivity index (χ0v) is 15.0. The van der Waals surface area contributed by atoms with Crippen LogP contribution in [0.5, 0.6) is 0 Å². The third-order valence-corrected chi connectivity index (χ3v) is 4.59. The number of carboxylic acids is 1. The first kappa shape index (κ1) is 19.0. The van der Waals surface area contributed by atoms with Crippen LogP contribution in [0, 0.1) is 0 Å². The van der Waals surface area contributed by atoms with E-state index in [2.05, 4.69) is 10.6 Å². The number of benzene rings is 1. The van der Waals surface area contributed by atoms with Crippen LogP contribution in [-0.4, -0.2) is 28.9 Å². The first-order chi connectivity index (χ1) is 11.9. The highest BCUT2D eigenvalue weighted by Gasteiger charge is 2.15. The minimum absolute atomic E-state index is 0.0236. The summed E-state index contributed by atoms with van der Waals surface area (Å²) < 4.78 is 0. The molecule has 8 heteroatoms. The van der Waals surface area contributed by atoms with E-state index in [1.165, 1.54) is 23.5 Å². The number of amides is 2. The summed E-state index contributed by atoms with van der Waals surface area (Å²) in [6.45, 7) is 1.73. The number of halogens is 1. The number of hydrogen-bond donors (Lipinski definition) is 3. The molecule has 2 rings (SSSR count). The summed E-state index contributed by atoms with van der Waals surface area (Å²) in [5.41, 5.74) is 0.666. The Kier molecular flexibility index (Phi) is 6.55. The zero-order valence-electron chi connectivity index (χ0n) is 13.4. The number of carbonyl (C=O) groups is 3. The van der Waals surface area contributed by atoms with Crippen molar-refractivity contribution in [1.82, 2.24) is 5.32 Å². The number of carbonyl (C=O) groups excluding carboxylic acids is 2. The molecule has 3 N–H and O–H groups in total. The van der Waals surface area contributed by atoms with E-state index >= 15 is 0 Å². The highest BCUT2D eigenvalue weighted by Crippen LogP contribution is 2.24. The molecule has 0 aliphatic rings. The Balaban J connectivity index is 2.05. The van der Waals surface area contributed by atoms with Crippen LogP contribution in [0.2, 0.25) is 5.02 Å². The second kappa shape index (κ2) is 8.64. The lowest BCUT2D eigenvalue weighted by molar-refractivity contribution is -0.137. The largest absolute Gasteiger partial charge is 0.481 e. The van der Waals surface area contributed by atoms with Crippen molar-refractivity contribution in [3.63, 3.8) is 0 Å². The van der Waals surface area contributed by atoms with Gasteiger partial charge in [-0.05, 0) is 43.0 Å². The van der Waals surface area contributed by atoms with Crippen LogP contribution in [0.3, 0.4) is 0 Å². The second-order valence-electron chi connectivity index (χ2n) is 5.43. The first-order valence-electron chi connectivity index (χ1n) is 7.54. The van der Waals surface area contributed by atoms with E-state index < -0.39 is 5.97 Å². The summed E-state index contributed by atoms with van der Waals surface area (Å²) in [5, 5.41) is 16.2. The topological polar surface area (TPSA) is 95.5 Å². The first-order valence-corrected chi connectivity index (χ1v) is 8.79. The minimum atomic E-state index is -0.911. The lowest BCUT2D eigenvalue weighted by atomic mass is 10.1. The average molecular weight is 381 g/mol. The number of nitrogens with one attached hydrogen (secondary N) is 2. The van der Waals surface area contributed by atoms with Crippen molar-refractivity contribution in [3.05, 3.63) is 51.2 Å². The fourth-order valence-electron chi connectivity index (χ4n) is 2.07. The Morgan fingerprint density at radius 1 is 1.24 bits per heavy atom. The van der Waals surface area contributed by atoms with Crippen molar-refractivity contribution in [3.8, 4) is 0 Å². The normalized spacial score (nSPS) is 11.6. The minimum Gasteiger partial charge on any atom is -0.481 e. The molecule has 2 amide bonds. The van der Waals surface area contributed by atoms with Crippen molar-refractivity contribution in [1.29, 1.82) is 0 Å². The van der Waals surface area contributed by atoms with E-state index in [1.807, 2.05) is 0 Å². The smallest absolute Gasteiger partial charge is 0.303 e. The molecule has 0 unspecified atom stereocenters. The number of anilines is 1. The van der Waals surface area contributed by atoms with Crippen LogP contribution >= 0.6 is 22.9 Å². The van der Waals surface area contributed by atoms with Crippen LogP contribution in [0.4, 0.5) is 5.69 Å². The Morgan fingerprint density at radius 2 is 2.00 bits per heavy atom. The van der Waals surface area contributed by atoms with Crippen molar-refractivity contribution in [2.24, 2.45) is 0 Å². The maximum atomic E-state index is 12.3. The highest BCUT2D eigenvalue weighted by molar-refractivity contribution is 7.12. The van der Waals surface area contributed by atoms with E-state index in [1.54, 1.807) is 30.5 Å². The Labute approximate surface area is 153 Å². The van der Waals surface area contributed by atoms with Crippen LogP contribution < -0.4 is 10.6 Å². The van der Waals surface area contributed by atoms with Crippen LogP contribution in [-0.2, 0) is 4.79 Å². The summed E-state index contributed by atoms with van der Waals surface area (Å²) in [7, 11) is 0. The fraction of sp³-hybridized carbons (Fsp3) is 0.235. The molecular weight excluding hydrogens is 364 g/mol. The van der Waals surface area contributed by atoms with Crippen molar-refractivity contribution >= 4 is 46.4 Å². The molecule has 0 aliphatic carbocycles. The number of rotatable bonds is 7. The molecular formula is C17H17ClN2O4S. The Morgan fingerprint density at radius 3 is 2.64 bits per heavy atom. The second-order valence-corrected chi connectivity index (χ2v) is 6.79. The Hall–Kier alpha value is -2.38. The fourth-order valence-corrected chi connectivity index (χ4v) is 2.86. The number of thiophene rings is 1. The van der Waals surface area contributed by atoms with E-state index in [-0.39, 0.29) is 24.3 Å². The van der Waals surface area contributed by atoms with Gasteiger partial charge < -0.3 is 15.7 Å². The van der Waals surface area contributed by atoms with Gasteiger partial charge in [-0.3, -0.25) is 14.4 Å². The van der Waals surface area contributed by atoms with E-state index in [0.717, 1.165) is 0 Å². The molecule has 0 saturated heterocycles. The molecule has 132 valence electrons. The lowest BCUT2D eigenvalue weighted by Crippen LogP contribution is -2.33. The van der Waals surface area contributed by atoms with Gasteiger partial charge in [0.05, 0.1) is 15.6 Å². The molecule has 25 heavy (non-hydrogen) atoms. The van der Waals surface area contributed by atoms with Gasteiger partial charge in [-0.1, -0.05) is 17.7 Å². The van der Waals surface area contributed by atoms with Gasteiger partial charge in [0.15, 0.2) is 0 Å². The molecule has 6 nitrogen and oxygen atoms in total. The predicted molar refractivity (Wildman–Crippen MR) is 97.5 cm³/mol. The number of aliphatic carboxylic acids is 1. The molecule has 1 aromatic heterocycles. The molecule has 1 aromatic carbocycles. The Bertz CT molecular complexity index is 777. The molecule has 0 fully saturated rings. The van der Waals surface area contributed by atoms with Gasteiger partial charge in [-0.15, -0.1) is 11.3 Å². The van der Waals surface area contributed by atoms with Crippen LogP contribution in [0.25, 0.3) is 0 Å².